The Balaban J connectivity index is 1.66. The van der Waals surface area contributed by atoms with Gasteiger partial charge in [-0.05, 0) is 23.8 Å². The molecule has 0 saturated heterocycles. The van der Waals surface area contributed by atoms with Crippen LogP contribution in [0.3, 0.4) is 0 Å². The molecule has 4 rings (SSSR count). The zero-order chi connectivity index (χ0) is 16.7. The van der Waals surface area contributed by atoms with Crippen LogP contribution in [0.25, 0.3) is 0 Å². The van der Waals surface area contributed by atoms with Crippen molar-refractivity contribution in [2.75, 3.05) is 16.8 Å². The van der Waals surface area contributed by atoms with Gasteiger partial charge >= 0.3 is 5.97 Å². The second-order valence-corrected chi connectivity index (χ2v) is 5.74. The summed E-state index contributed by atoms with van der Waals surface area (Å²) in [6.45, 7) is -0.0917. The van der Waals surface area contributed by atoms with E-state index in [-0.39, 0.29) is 18.4 Å². The Morgan fingerprint density at radius 1 is 1.08 bits per heavy atom. The molecule has 6 heteroatoms. The number of nitrogens with one attached hydrogen (secondary N) is 1. The molecule has 2 aliphatic heterocycles. The summed E-state index contributed by atoms with van der Waals surface area (Å²) in [6, 6.07) is 14.1. The van der Waals surface area contributed by atoms with Crippen molar-refractivity contribution >= 4 is 29.2 Å². The van der Waals surface area contributed by atoms with Gasteiger partial charge < -0.3 is 10.1 Å². The molecule has 24 heavy (non-hydrogen) atoms. The maximum absolute atomic E-state index is 12.9. The molecule has 1 unspecified atom stereocenters. The minimum Gasteiger partial charge on any atom is -0.448 e. The molecule has 0 saturated carbocycles. The van der Waals surface area contributed by atoms with E-state index < -0.39 is 12.1 Å². The number of carbonyl (C=O) groups is 3. The molecule has 2 aromatic rings. The summed E-state index contributed by atoms with van der Waals surface area (Å²) in [7, 11) is 0. The van der Waals surface area contributed by atoms with Crippen molar-refractivity contribution in [3.05, 3.63) is 59.7 Å². The van der Waals surface area contributed by atoms with Crippen LogP contribution >= 0.6 is 0 Å². The predicted octanol–water partition coefficient (Wildman–Crippen LogP) is 1.75. The Morgan fingerprint density at radius 3 is 2.71 bits per heavy atom. The van der Waals surface area contributed by atoms with Gasteiger partial charge in [-0.1, -0.05) is 30.3 Å². The number of esters is 1. The van der Waals surface area contributed by atoms with Gasteiger partial charge in [-0.25, -0.2) is 4.79 Å². The zero-order valence-electron chi connectivity index (χ0n) is 12.7. The summed E-state index contributed by atoms with van der Waals surface area (Å²) in [5.74, 6) is -1.17. The van der Waals surface area contributed by atoms with Crippen LogP contribution in [0.2, 0.25) is 0 Å². The SMILES string of the molecule is O=C1CN(C(=O)C2Cc3ccccc3C(=O)O2)c2ccccc2N1. The average molecular weight is 322 g/mol. The van der Waals surface area contributed by atoms with E-state index in [9.17, 15) is 14.4 Å². The highest BCUT2D eigenvalue weighted by atomic mass is 16.5. The smallest absolute Gasteiger partial charge is 0.339 e. The van der Waals surface area contributed by atoms with E-state index in [0.717, 1.165) is 5.56 Å². The van der Waals surface area contributed by atoms with Crippen LogP contribution in [0.1, 0.15) is 15.9 Å². The molecule has 0 aromatic heterocycles. The lowest BCUT2D eigenvalue weighted by atomic mass is 9.97. The number of carbonyl (C=O) groups excluding carboxylic acids is 3. The number of nitrogens with zero attached hydrogens (tertiary/aromatic N) is 1. The van der Waals surface area contributed by atoms with Gasteiger partial charge in [0.2, 0.25) is 5.91 Å². The first-order valence-electron chi connectivity index (χ1n) is 7.62. The van der Waals surface area contributed by atoms with Gasteiger partial charge in [0, 0.05) is 6.42 Å². The standard InChI is InChI=1S/C18H14N2O4/c21-16-10-20(14-8-4-3-7-13(14)19-16)17(22)15-9-11-5-1-2-6-12(11)18(23)24-15/h1-8,15H,9-10H2,(H,19,21). The monoisotopic (exact) mass is 322 g/mol. The van der Waals surface area contributed by atoms with E-state index in [2.05, 4.69) is 5.32 Å². The number of rotatable bonds is 1. The average Bonchev–Trinajstić information content (AvgIpc) is 2.60. The third kappa shape index (κ3) is 2.32. The van der Waals surface area contributed by atoms with Crippen LogP contribution in [0.15, 0.2) is 48.5 Å². The second-order valence-electron chi connectivity index (χ2n) is 5.74. The number of para-hydroxylation sites is 2. The largest absolute Gasteiger partial charge is 0.448 e. The first kappa shape index (κ1) is 14.4. The third-order valence-electron chi connectivity index (χ3n) is 4.20. The Labute approximate surface area is 138 Å². The number of cyclic esters (lactones) is 1. The van der Waals surface area contributed by atoms with Crippen LogP contribution < -0.4 is 10.2 Å². The molecular weight excluding hydrogens is 308 g/mol. The van der Waals surface area contributed by atoms with Gasteiger partial charge in [0.1, 0.15) is 6.54 Å². The quantitative estimate of drug-likeness (QED) is 0.812. The highest BCUT2D eigenvalue weighted by Crippen LogP contribution is 2.31. The second kappa shape index (κ2) is 5.49. The Morgan fingerprint density at radius 2 is 1.83 bits per heavy atom. The number of hydrogen-bond donors (Lipinski definition) is 1. The highest BCUT2D eigenvalue weighted by molar-refractivity contribution is 6.11. The molecule has 0 radical (unpaired) electrons. The molecule has 2 aliphatic rings. The molecule has 1 N–H and O–H groups in total. The summed E-state index contributed by atoms with van der Waals surface area (Å²) in [5.41, 5.74) is 2.45. The van der Waals surface area contributed by atoms with E-state index in [1.165, 1.54) is 4.90 Å². The summed E-state index contributed by atoms with van der Waals surface area (Å²) in [5, 5.41) is 2.73. The van der Waals surface area contributed by atoms with Crippen molar-refractivity contribution in [1.82, 2.24) is 0 Å². The van der Waals surface area contributed by atoms with Crippen molar-refractivity contribution in [1.29, 1.82) is 0 Å². The molecule has 120 valence electrons. The van der Waals surface area contributed by atoms with Gasteiger partial charge in [0.05, 0.1) is 16.9 Å². The summed E-state index contributed by atoms with van der Waals surface area (Å²) < 4.78 is 5.32. The van der Waals surface area contributed by atoms with Crippen LogP contribution in [0, 0.1) is 0 Å². The lowest BCUT2D eigenvalue weighted by Crippen LogP contribution is -2.49. The van der Waals surface area contributed by atoms with Crippen molar-refractivity contribution in [2.24, 2.45) is 0 Å². The number of hydrogen-bond acceptors (Lipinski definition) is 4. The fraction of sp³-hybridized carbons (Fsp3) is 0.167. The third-order valence-corrected chi connectivity index (χ3v) is 4.20. The van der Waals surface area contributed by atoms with Crippen molar-refractivity contribution in [2.45, 2.75) is 12.5 Å². The normalized spacial score (nSPS) is 19.0. The lowest BCUT2D eigenvalue weighted by Gasteiger charge is -2.33. The van der Waals surface area contributed by atoms with Gasteiger partial charge in [-0.15, -0.1) is 0 Å². The Hall–Kier alpha value is -3.15. The van der Waals surface area contributed by atoms with E-state index in [1.54, 1.807) is 36.4 Å². The molecule has 6 nitrogen and oxygen atoms in total. The summed E-state index contributed by atoms with van der Waals surface area (Å²) in [6.07, 6.45) is -0.618. The van der Waals surface area contributed by atoms with Crippen molar-refractivity contribution in [3.63, 3.8) is 0 Å². The molecule has 2 heterocycles. The van der Waals surface area contributed by atoms with Gasteiger partial charge in [0.25, 0.3) is 5.91 Å². The topological polar surface area (TPSA) is 75.7 Å². The fourth-order valence-corrected chi connectivity index (χ4v) is 3.07. The molecule has 0 fully saturated rings. The molecule has 0 bridgehead atoms. The Bertz CT molecular complexity index is 862. The van der Waals surface area contributed by atoms with Gasteiger partial charge in [-0.2, -0.15) is 0 Å². The van der Waals surface area contributed by atoms with Gasteiger partial charge in [-0.3, -0.25) is 14.5 Å². The number of fused-ring (bicyclic) bond motifs is 2. The molecular formula is C18H14N2O4. The Kier molecular flexibility index (Phi) is 3.30. The van der Waals surface area contributed by atoms with E-state index in [4.69, 9.17) is 4.74 Å². The fourth-order valence-electron chi connectivity index (χ4n) is 3.07. The molecule has 0 spiro atoms. The molecule has 2 amide bonds. The van der Waals surface area contributed by atoms with Crippen LogP contribution in [0.5, 0.6) is 0 Å². The minimum absolute atomic E-state index is 0.0917. The predicted molar refractivity (Wildman–Crippen MR) is 86.8 cm³/mol. The number of ether oxygens (including phenoxy) is 1. The summed E-state index contributed by atoms with van der Waals surface area (Å²) >= 11 is 0. The minimum atomic E-state index is -0.925. The number of amides is 2. The zero-order valence-corrected chi connectivity index (χ0v) is 12.7. The van der Waals surface area contributed by atoms with E-state index in [1.807, 2.05) is 12.1 Å². The van der Waals surface area contributed by atoms with Crippen LogP contribution in [-0.4, -0.2) is 30.4 Å². The van der Waals surface area contributed by atoms with Crippen LogP contribution in [-0.2, 0) is 20.7 Å². The maximum Gasteiger partial charge on any atom is 0.339 e. The van der Waals surface area contributed by atoms with Crippen molar-refractivity contribution in [3.8, 4) is 0 Å². The molecule has 0 aliphatic carbocycles. The first-order valence-corrected chi connectivity index (χ1v) is 7.62. The number of benzene rings is 2. The molecule has 1 atom stereocenters. The lowest BCUT2D eigenvalue weighted by molar-refractivity contribution is -0.129. The number of anilines is 2. The maximum atomic E-state index is 12.9. The van der Waals surface area contributed by atoms with Crippen LogP contribution in [0.4, 0.5) is 11.4 Å². The van der Waals surface area contributed by atoms with E-state index >= 15 is 0 Å². The highest BCUT2D eigenvalue weighted by Gasteiger charge is 2.37. The van der Waals surface area contributed by atoms with Crippen molar-refractivity contribution < 1.29 is 19.1 Å². The molecule has 2 aromatic carbocycles. The van der Waals surface area contributed by atoms with Gasteiger partial charge in [0.15, 0.2) is 6.10 Å². The summed E-state index contributed by atoms with van der Waals surface area (Å²) in [4.78, 5) is 38.3. The first-order chi connectivity index (χ1) is 11.6. The van der Waals surface area contributed by atoms with E-state index in [0.29, 0.717) is 23.4 Å².